The van der Waals surface area contributed by atoms with Gasteiger partial charge in [-0.1, -0.05) is 44.1 Å². The van der Waals surface area contributed by atoms with Crippen molar-refractivity contribution >= 4 is 5.97 Å². The van der Waals surface area contributed by atoms with Gasteiger partial charge >= 0.3 is 5.97 Å². The molecule has 2 aromatic rings. The predicted octanol–water partition coefficient (Wildman–Crippen LogP) is 3.20. The van der Waals surface area contributed by atoms with Crippen molar-refractivity contribution in [2.75, 3.05) is 7.11 Å². The average Bonchev–Trinajstić information content (AvgIpc) is 3.33. The third-order valence-electron chi connectivity index (χ3n) is 4.58. The summed E-state index contributed by atoms with van der Waals surface area (Å²) in [5.74, 6) is 0.539. The number of pyridine rings is 1. The Morgan fingerprint density at radius 3 is 2.48 bits per heavy atom. The molecule has 0 N–H and O–H groups in total. The summed E-state index contributed by atoms with van der Waals surface area (Å²) in [6.45, 7) is 6.01. The van der Waals surface area contributed by atoms with Crippen molar-refractivity contribution in [1.29, 1.82) is 0 Å². The van der Waals surface area contributed by atoms with E-state index < -0.39 is 5.97 Å². The van der Waals surface area contributed by atoms with Gasteiger partial charge in [0.05, 0.1) is 18.4 Å². The number of rotatable bonds is 3. The van der Waals surface area contributed by atoms with Gasteiger partial charge in [0.15, 0.2) is 5.82 Å². The quantitative estimate of drug-likeness (QED) is 0.497. The van der Waals surface area contributed by atoms with Gasteiger partial charge in [0, 0.05) is 23.9 Å². The standard InChI is InChI=1S/C21H20N4O4/c1-21(2,3)16-10-17(23-29-16)24-11-14-18(15(12-24)20(27)28-4)22-25(19(14)26)13-8-6-5-7-9-13/h5-12H,1-4H3. The largest absolute Gasteiger partial charge is 0.465 e. The van der Waals surface area contributed by atoms with Crippen LogP contribution in [0.25, 0.3) is 22.8 Å². The normalized spacial score (nSPS) is 11.7. The molecule has 0 bridgehead atoms. The van der Waals surface area contributed by atoms with Crippen molar-refractivity contribution in [3.63, 3.8) is 0 Å². The number of carbonyl (C=O) groups excluding carboxylic acids is 1. The van der Waals surface area contributed by atoms with Crippen LogP contribution < -0.4 is 5.56 Å². The predicted molar refractivity (Wildman–Crippen MR) is 106 cm³/mol. The van der Waals surface area contributed by atoms with Crippen molar-refractivity contribution < 1.29 is 14.1 Å². The molecule has 0 aliphatic carbocycles. The highest BCUT2D eigenvalue weighted by molar-refractivity contribution is 5.96. The minimum atomic E-state index is -0.596. The topological polar surface area (TPSA) is 92.2 Å². The first-order chi connectivity index (χ1) is 13.8. The zero-order chi connectivity index (χ0) is 20.8. The lowest BCUT2D eigenvalue weighted by Crippen LogP contribution is -2.15. The molecule has 1 aromatic carbocycles. The smallest absolute Gasteiger partial charge is 0.341 e. The summed E-state index contributed by atoms with van der Waals surface area (Å²) in [5, 5.41) is 8.46. The van der Waals surface area contributed by atoms with Gasteiger partial charge in [-0.05, 0) is 12.1 Å². The highest BCUT2D eigenvalue weighted by Crippen LogP contribution is 2.27. The molecule has 2 aliphatic rings. The first-order valence-electron chi connectivity index (χ1n) is 9.06. The van der Waals surface area contributed by atoms with Crippen molar-refractivity contribution in [2.24, 2.45) is 0 Å². The van der Waals surface area contributed by atoms with E-state index in [2.05, 4.69) is 10.3 Å². The number of ether oxygens (including phenoxy) is 1. The Balaban J connectivity index is 1.95. The Hall–Kier alpha value is -3.68. The number of methoxy groups -OCH3 is 1. The van der Waals surface area contributed by atoms with E-state index >= 15 is 0 Å². The number of carbonyl (C=O) groups is 1. The highest BCUT2D eigenvalue weighted by atomic mass is 16.5. The molecule has 8 nitrogen and oxygen atoms in total. The molecule has 148 valence electrons. The van der Waals surface area contributed by atoms with Crippen LogP contribution in [0, 0.1) is 0 Å². The first kappa shape index (κ1) is 18.7. The maximum atomic E-state index is 13.0. The van der Waals surface area contributed by atoms with E-state index in [1.165, 1.54) is 11.8 Å². The number of esters is 1. The molecule has 0 amide bonds. The number of nitrogens with zero attached hydrogens (tertiary/aromatic N) is 4. The van der Waals surface area contributed by atoms with E-state index in [1.807, 2.05) is 39.0 Å². The second kappa shape index (κ2) is 6.73. The van der Waals surface area contributed by atoms with Crippen molar-refractivity contribution in [1.82, 2.24) is 19.5 Å². The summed E-state index contributed by atoms with van der Waals surface area (Å²) >= 11 is 0. The van der Waals surface area contributed by atoms with Crippen LogP contribution >= 0.6 is 0 Å². The molecule has 0 atom stereocenters. The molecule has 0 spiro atoms. The molecular weight excluding hydrogens is 372 g/mol. The number of para-hydroxylation sites is 1. The van der Waals surface area contributed by atoms with Crippen LogP contribution in [0.2, 0.25) is 0 Å². The SMILES string of the molecule is COC(=O)c1cn(-c2cc(C(C)(C)C)on2)cc2c(=O)n(-c3ccccc3)nc1-2. The van der Waals surface area contributed by atoms with Crippen LogP contribution in [-0.4, -0.2) is 32.6 Å². The van der Waals surface area contributed by atoms with Gasteiger partial charge in [0.2, 0.25) is 0 Å². The van der Waals surface area contributed by atoms with E-state index in [0.29, 0.717) is 17.3 Å². The van der Waals surface area contributed by atoms with Gasteiger partial charge in [-0.25, -0.2) is 4.79 Å². The van der Waals surface area contributed by atoms with Gasteiger partial charge in [0.1, 0.15) is 17.0 Å². The van der Waals surface area contributed by atoms with Crippen molar-refractivity contribution in [3.05, 3.63) is 70.5 Å². The van der Waals surface area contributed by atoms with E-state index in [1.54, 1.807) is 35.2 Å². The van der Waals surface area contributed by atoms with Crippen molar-refractivity contribution in [3.8, 4) is 22.8 Å². The summed E-state index contributed by atoms with van der Waals surface area (Å²) in [5.41, 5.74) is 0.733. The molecule has 0 unspecified atom stereocenters. The molecule has 29 heavy (non-hydrogen) atoms. The number of hydrogen-bond acceptors (Lipinski definition) is 6. The molecule has 0 fully saturated rings. The lowest BCUT2D eigenvalue weighted by atomic mass is 9.93. The molecule has 3 heterocycles. The minimum absolute atomic E-state index is 0.164. The third-order valence-corrected chi connectivity index (χ3v) is 4.58. The molecule has 0 saturated carbocycles. The van der Waals surface area contributed by atoms with Gasteiger partial charge in [-0.15, -0.1) is 0 Å². The number of hydrogen-bond donors (Lipinski definition) is 0. The number of aromatic nitrogens is 4. The zero-order valence-electron chi connectivity index (χ0n) is 16.5. The lowest BCUT2D eigenvalue weighted by molar-refractivity contribution is 0.0600. The van der Waals surface area contributed by atoms with Crippen LogP contribution in [0.1, 0.15) is 36.9 Å². The molecule has 0 radical (unpaired) electrons. The van der Waals surface area contributed by atoms with Crippen LogP contribution in [0.3, 0.4) is 0 Å². The van der Waals surface area contributed by atoms with Gasteiger partial charge < -0.3 is 13.8 Å². The Bertz CT molecular complexity index is 1210. The molecule has 4 rings (SSSR count). The Labute approximate surface area is 166 Å². The van der Waals surface area contributed by atoms with Gasteiger partial charge in [0.25, 0.3) is 5.56 Å². The van der Waals surface area contributed by atoms with E-state index in [-0.39, 0.29) is 27.8 Å². The van der Waals surface area contributed by atoms with Crippen LogP contribution in [-0.2, 0) is 10.2 Å². The summed E-state index contributed by atoms with van der Waals surface area (Å²) in [6, 6.07) is 10.8. The van der Waals surface area contributed by atoms with Crippen molar-refractivity contribution in [2.45, 2.75) is 26.2 Å². The monoisotopic (exact) mass is 392 g/mol. The fraction of sp³-hybridized carbons (Fsp3) is 0.238. The number of benzene rings is 1. The lowest BCUT2D eigenvalue weighted by Gasteiger charge is -2.12. The molecule has 1 aromatic heterocycles. The van der Waals surface area contributed by atoms with E-state index in [4.69, 9.17) is 9.26 Å². The zero-order valence-corrected chi connectivity index (χ0v) is 16.5. The summed E-state index contributed by atoms with van der Waals surface area (Å²) < 4.78 is 13.2. The molecular formula is C21H20N4O4. The molecule has 8 heteroatoms. The average molecular weight is 392 g/mol. The minimum Gasteiger partial charge on any atom is -0.465 e. The van der Waals surface area contributed by atoms with Gasteiger partial charge in [-0.2, -0.15) is 9.78 Å². The third kappa shape index (κ3) is 3.22. The maximum absolute atomic E-state index is 13.0. The van der Waals surface area contributed by atoms with E-state index in [9.17, 15) is 9.59 Å². The fourth-order valence-corrected chi connectivity index (χ4v) is 2.98. The summed E-state index contributed by atoms with van der Waals surface area (Å²) in [6.07, 6.45) is 3.14. The Kier molecular flexibility index (Phi) is 4.34. The summed E-state index contributed by atoms with van der Waals surface area (Å²) in [7, 11) is 1.28. The molecule has 0 saturated heterocycles. The first-order valence-corrected chi connectivity index (χ1v) is 9.06. The highest BCUT2D eigenvalue weighted by Gasteiger charge is 2.26. The van der Waals surface area contributed by atoms with Crippen LogP contribution in [0.15, 0.2) is 58.1 Å². The number of fused-ring (bicyclic) bond motifs is 1. The molecule has 2 aliphatic heterocycles. The van der Waals surface area contributed by atoms with E-state index in [0.717, 1.165) is 0 Å². The second-order valence-corrected chi connectivity index (χ2v) is 7.68. The second-order valence-electron chi connectivity index (χ2n) is 7.68. The fourth-order valence-electron chi connectivity index (χ4n) is 2.98. The summed E-state index contributed by atoms with van der Waals surface area (Å²) in [4.78, 5) is 25.4. The Morgan fingerprint density at radius 2 is 1.86 bits per heavy atom. The Morgan fingerprint density at radius 1 is 1.14 bits per heavy atom. The maximum Gasteiger partial charge on any atom is 0.341 e. The van der Waals surface area contributed by atoms with Crippen LogP contribution in [0.5, 0.6) is 0 Å². The van der Waals surface area contributed by atoms with Crippen LogP contribution in [0.4, 0.5) is 0 Å². The van der Waals surface area contributed by atoms with Gasteiger partial charge in [-0.3, -0.25) is 4.79 Å².